The predicted molar refractivity (Wildman–Crippen MR) is 94.0 cm³/mol. The maximum absolute atomic E-state index is 11.9. The molecule has 1 aliphatic heterocycles. The average Bonchev–Trinajstić information content (AvgIpc) is 2.54. The first kappa shape index (κ1) is 18.9. The van der Waals surface area contributed by atoms with E-state index >= 15 is 0 Å². The molecule has 0 aliphatic carbocycles. The van der Waals surface area contributed by atoms with Gasteiger partial charge in [-0.05, 0) is 56.0 Å². The summed E-state index contributed by atoms with van der Waals surface area (Å²) in [7, 11) is -3.65. The van der Waals surface area contributed by atoms with E-state index in [0.717, 1.165) is 31.1 Å². The van der Waals surface area contributed by atoms with Crippen LogP contribution in [0.3, 0.4) is 0 Å². The van der Waals surface area contributed by atoms with Gasteiger partial charge in [0.25, 0.3) is 0 Å². The molecule has 0 unspecified atom stereocenters. The number of amides is 1. The molecule has 7 heteroatoms. The van der Waals surface area contributed by atoms with Gasteiger partial charge in [0.2, 0.25) is 15.9 Å². The first-order valence-electron chi connectivity index (χ1n) is 8.45. The van der Waals surface area contributed by atoms with Gasteiger partial charge in [-0.3, -0.25) is 4.79 Å². The van der Waals surface area contributed by atoms with E-state index in [1.807, 2.05) is 0 Å². The van der Waals surface area contributed by atoms with E-state index in [9.17, 15) is 13.2 Å². The molecular weight excluding hydrogens is 326 g/mol. The summed E-state index contributed by atoms with van der Waals surface area (Å²) in [4.78, 5) is 14.3. The molecule has 0 radical (unpaired) electrons. The minimum Gasteiger partial charge on any atom is -0.356 e. The van der Waals surface area contributed by atoms with E-state index in [4.69, 9.17) is 5.14 Å². The average molecular weight is 353 g/mol. The summed E-state index contributed by atoms with van der Waals surface area (Å²) in [5, 5.41) is 7.98. The number of likely N-dealkylation sites (tertiary alicyclic amines) is 1. The second-order valence-corrected chi connectivity index (χ2v) is 8.12. The van der Waals surface area contributed by atoms with Crippen molar-refractivity contribution in [3.63, 3.8) is 0 Å². The lowest BCUT2D eigenvalue weighted by Gasteiger charge is -2.29. The van der Waals surface area contributed by atoms with Gasteiger partial charge in [0.15, 0.2) is 0 Å². The van der Waals surface area contributed by atoms with Gasteiger partial charge >= 0.3 is 0 Å². The van der Waals surface area contributed by atoms with Crippen LogP contribution in [0, 0.1) is 5.92 Å². The fraction of sp³-hybridized carbons (Fsp3) is 0.588. The van der Waals surface area contributed by atoms with E-state index in [2.05, 4.69) is 17.1 Å². The van der Waals surface area contributed by atoms with Gasteiger partial charge in [0.1, 0.15) is 0 Å². The molecule has 1 saturated heterocycles. The van der Waals surface area contributed by atoms with E-state index in [0.29, 0.717) is 19.4 Å². The number of hydrogen-bond donors (Lipinski definition) is 2. The van der Waals surface area contributed by atoms with E-state index < -0.39 is 10.0 Å². The summed E-state index contributed by atoms with van der Waals surface area (Å²) in [5.74, 6) is 0.866. The second kappa shape index (κ2) is 8.60. The summed E-state index contributed by atoms with van der Waals surface area (Å²) in [5.41, 5.74) is 0.965. The van der Waals surface area contributed by atoms with Crippen LogP contribution in [0.4, 0.5) is 0 Å². The van der Waals surface area contributed by atoms with Crippen molar-refractivity contribution < 1.29 is 13.2 Å². The van der Waals surface area contributed by atoms with Crippen LogP contribution < -0.4 is 10.5 Å². The third kappa shape index (κ3) is 6.22. The molecule has 2 rings (SSSR count). The molecule has 134 valence electrons. The highest BCUT2D eigenvalue weighted by Crippen LogP contribution is 2.15. The third-order valence-corrected chi connectivity index (χ3v) is 5.45. The number of sulfonamides is 1. The molecule has 3 N–H and O–H groups in total. The number of rotatable bonds is 7. The molecular formula is C17H27N3O3S. The normalized spacial score (nSPS) is 16.9. The molecule has 1 aliphatic rings. The third-order valence-electron chi connectivity index (χ3n) is 4.52. The summed E-state index contributed by atoms with van der Waals surface area (Å²) in [6, 6.07) is 6.43. The second-order valence-electron chi connectivity index (χ2n) is 6.56. The summed E-state index contributed by atoms with van der Waals surface area (Å²) < 4.78 is 22.4. The Hall–Kier alpha value is -1.44. The van der Waals surface area contributed by atoms with Crippen LogP contribution in [-0.4, -0.2) is 45.4 Å². The Morgan fingerprint density at radius 3 is 2.46 bits per heavy atom. The number of benzene rings is 1. The zero-order chi connectivity index (χ0) is 17.6. The topological polar surface area (TPSA) is 92.5 Å². The molecule has 0 saturated carbocycles. The Balaban J connectivity index is 1.65. The zero-order valence-electron chi connectivity index (χ0n) is 14.2. The van der Waals surface area contributed by atoms with Crippen molar-refractivity contribution in [3.05, 3.63) is 29.8 Å². The molecule has 6 nitrogen and oxygen atoms in total. The quantitative estimate of drug-likeness (QED) is 0.768. The summed E-state index contributed by atoms with van der Waals surface area (Å²) in [6.07, 6.45) is 3.63. The largest absolute Gasteiger partial charge is 0.356 e. The lowest BCUT2D eigenvalue weighted by Crippen LogP contribution is -2.36. The van der Waals surface area contributed by atoms with Crippen molar-refractivity contribution in [1.29, 1.82) is 0 Å². The van der Waals surface area contributed by atoms with Gasteiger partial charge in [0, 0.05) is 19.5 Å². The first-order chi connectivity index (χ1) is 11.3. The maximum atomic E-state index is 11.9. The van der Waals surface area contributed by atoms with Crippen LogP contribution in [0.2, 0.25) is 0 Å². The molecule has 1 heterocycles. The lowest BCUT2D eigenvalue weighted by atomic mass is 9.99. The fourth-order valence-electron chi connectivity index (χ4n) is 2.83. The number of carbonyl (C=O) groups is 1. The van der Waals surface area contributed by atoms with Gasteiger partial charge in [0.05, 0.1) is 4.90 Å². The number of primary sulfonamides is 1. The van der Waals surface area contributed by atoms with Crippen molar-refractivity contribution in [2.75, 3.05) is 26.2 Å². The van der Waals surface area contributed by atoms with Crippen molar-refractivity contribution >= 4 is 15.9 Å². The van der Waals surface area contributed by atoms with E-state index in [1.165, 1.54) is 25.0 Å². The number of nitrogens with one attached hydrogen (secondary N) is 1. The number of nitrogens with two attached hydrogens (primary N) is 1. The Kier molecular flexibility index (Phi) is 6.77. The number of nitrogens with zero attached hydrogens (tertiary/aromatic N) is 1. The molecule has 1 aromatic carbocycles. The number of carbonyl (C=O) groups excluding carboxylic acids is 1. The number of hydrogen-bond acceptors (Lipinski definition) is 4. The Bertz CT molecular complexity index is 636. The lowest BCUT2D eigenvalue weighted by molar-refractivity contribution is -0.121. The van der Waals surface area contributed by atoms with Crippen molar-refractivity contribution in [2.45, 2.75) is 37.5 Å². The Morgan fingerprint density at radius 1 is 1.25 bits per heavy atom. The molecule has 0 atom stereocenters. The van der Waals surface area contributed by atoms with Crippen LogP contribution in [0.1, 0.15) is 31.7 Å². The standard InChI is InChI=1S/C17H27N3O3S/c1-14-7-11-20(12-8-14)13-9-17(21)19-10-6-15-2-4-16(5-3-15)24(18,22)23/h2-5,14H,6-13H2,1H3,(H,19,21)(H2,18,22,23). The first-order valence-corrected chi connectivity index (χ1v) is 10.00. The number of piperidine rings is 1. The highest BCUT2D eigenvalue weighted by molar-refractivity contribution is 7.89. The van der Waals surface area contributed by atoms with E-state index in [-0.39, 0.29) is 10.8 Å². The van der Waals surface area contributed by atoms with Crippen molar-refractivity contribution in [1.82, 2.24) is 10.2 Å². The minimum absolute atomic E-state index is 0.0646. The monoisotopic (exact) mass is 353 g/mol. The van der Waals surface area contributed by atoms with Crippen LogP contribution in [0.5, 0.6) is 0 Å². The molecule has 1 aromatic rings. The molecule has 0 spiro atoms. The Morgan fingerprint density at radius 2 is 1.88 bits per heavy atom. The fourth-order valence-corrected chi connectivity index (χ4v) is 3.34. The Labute approximate surface area is 144 Å². The van der Waals surface area contributed by atoms with Gasteiger partial charge in [-0.1, -0.05) is 19.1 Å². The molecule has 1 amide bonds. The molecule has 24 heavy (non-hydrogen) atoms. The van der Waals surface area contributed by atoms with Gasteiger partial charge in [-0.15, -0.1) is 0 Å². The summed E-state index contributed by atoms with van der Waals surface area (Å²) in [6.45, 7) is 5.82. The van der Waals surface area contributed by atoms with Gasteiger partial charge in [-0.2, -0.15) is 0 Å². The van der Waals surface area contributed by atoms with Crippen molar-refractivity contribution in [2.24, 2.45) is 11.1 Å². The van der Waals surface area contributed by atoms with Gasteiger partial charge in [-0.25, -0.2) is 13.6 Å². The maximum Gasteiger partial charge on any atom is 0.238 e. The summed E-state index contributed by atoms with van der Waals surface area (Å²) >= 11 is 0. The SMILES string of the molecule is CC1CCN(CCC(=O)NCCc2ccc(S(N)(=O)=O)cc2)CC1. The predicted octanol–water partition coefficient (Wildman–Crippen LogP) is 1.11. The molecule has 0 bridgehead atoms. The highest BCUT2D eigenvalue weighted by atomic mass is 32.2. The van der Waals surface area contributed by atoms with Crippen LogP contribution in [-0.2, 0) is 21.2 Å². The van der Waals surface area contributed by atoms with Crippen LogP contribution in [0.25, 0.3) is 0 Å². The molecule has 1 fully saturated rings. The van der Waals surface area contributed by atoms with Crippen LogP contribution >= 0.6 is 0 Å². The zero-order valence-corrected chi connectivity index (χ0v) is 15.0. The van der Waals surface area contributed by atoms with Crippen LogP contribution in [0.15, 0.2) is 29.2 Å². The van der Waals surface area contributed by atoms with E-state index in [1.54, 1.807) is 12.1 Å². The minimum atomic E-state index is -3.65. The van der Waals surface area contributed by atoms with Gasteiger partial charge < -0.3 is 10.2 Å². The van der Waals surface area contributed by atoms with Crippen molar-refractivity contribution in [3.8, 4) is 0 Å². The highest BCUT2D eigenvalue weighted by Gasteiger charge is 2.16. The smallest absolute Gasteiger partial charge is 0.238 e. The molecule has 0 aromatic heterocycles.